The van der Waals surface area contributed by atoms with E-state index < -0.39 is 0 Å². The molecule has 1 aliphatic carbocycles. The molecule has 0 spiro atoms. The number of aromatic nitrogens is 1. The molecule has 0 saturated heterocycles. The smallest absolute Gasteiger partial charge is 0.0504 e. The standard InChI is InChI=1S/C17H25N3/c1-19(2)11-12-6-5-7-14-15-10-13(20(3)4)8-9-16(15)18-17(12)14/h5-7,13,18H,8-11H2,1-4H3. The highest BCUT2D eigenvalue weighted by Gasteiger charge is 2.24. The second kappa shape index (κ2) is 5.23. The van der Waals surface area contributed by atoms with E-state index in [1.165, 1.54) is 41.4 Å². The van der Waals surface area contributed by atoms with Gasteiger partial charge in [0, 0.05) is 23.7 Å². The van der Waals surface area contributed by atoms with Crippen LogP contribution in [0.2, 0.25) is 0 Å². The average Bonchev–Trinajstić information content (AvgIpc) is 2.77. The lowest BCUT2D eigenvalue weighted by Gasteiger charge is -2.28. The van der Waals surface area contributed by atoms with Gasteiger partial charge in [-0.25, -0.2) is 0 Å². The number of nitrogens with one attached hydrogen (secondary N) is 1. The molecular weight excluding hydrogens is 246 g/mol. The van der Waals surface area contributed by atoms with Crippen LogP contribution in [-0.4, -0.2) is 49.0 Å². The Morgan fingerprint density at radius 1 is 1.20 bits per heavy atom. The predicted octanol–water partition coefficient (Wildman–Crippen LogP) is 2.65. The Morgan fingerprint density at radius 3 is 2.70 bits per heavy atom. The van der Waals surface area contributed by atoms with E-state index in [9.17, 15) is 0 Å². The first-order valence-corrected chi connectivity index (χ1v) is 7.48. The number of aryl methyl sites for hydroxylation is 1. The molecule has 0 bridgehead atoms. The Balaban J connectivity index is 2.05. The Hall–Kier alpha value is -1.32. The Morgan fingerprint density at radius 2 is 2.00 bits per heavy atom. The molecule has 2 aromatic rings. The van der Waals surface area contributed by atoms with Gasteiger partial charge in [0.05, 0.1) is 5.52 Å². The number of hydrogen-bond acceptors (Lipinski definition) is 2. The number of hydrogen-bond donors (Lipinski definition) is 1. The van der Waals surface area contributed by atoms with Gasteiger partial charge >= 0.3 is 0 Å². The van der Waals surface area contributed by atoms with Gasteiger partial charge in [0.15, 0.2) is 0 Å². The molecule has 0 amide bonds. The summed E-state index contributed by atoms with van der Waals surface area (Å²) in [4.78, 5) is 8.30. The van der Waals surface area contributed by atoms with Crippen LogP contribution in [0.5, 0.6) is 0 Å². The summed E-state index contributed by atoms with van der Waals surface area (Å²) in [6.45, 7) is 0.994. The summed E-state index contributed by atoms with van der Waals surface area (Å²) >= 11 is 0. The molecule has 1 N–H and O–H groups in total. The summed E-state index contributed by atoms with van der Waals surface area (Å²) in [7, 11) is 8.65. The second-order valence-corrected chi connectivity index (χ2v) is 6.52. The van der Waals surface area contributed by atoms with Crippen LogP contribution in [-0.2, 0) is 19.4 Å². The minimum absolute atomic E-state index is 0.680. The number of nitrogens with zero attached hydrogens (tertiary/aromatic N) is 2. The van der Waals surface area contributed by atoms with Crippen LogP contribution in [0.4, 0.5) is 0 Å². The summed E-state index contributed by atoms with van der Waals surface area (Å²) in [6, 6.07) is 7.41. The fraction of sp³-hybridized carbons (Fsp3) is 0.529. The van der Waals surface area contributed by atoms with Crippen LogP contribution in [0.1, 0.15) is 23.2 Å². The minimum Gasteiger partial charge on any atom is -0.358 e. The molecule has 0 radical (unpaired) electrons. The molecule has 3 rings (SSSR count). The highest BCUT2D eigenvalue weighted by Crippen LogP contribution is 2.32. The molecule has 0 saturated carbocycles. The van der Waals surface area contributed by atoms with Gasteiger partial charge < -0.3 is 14.8 Å². The largest absolute Gasteiger partial charge is 0.358 e. The SMILES string of the molecule is CN(C)Cc1cccc2c3c([nH]c12)CCC(N(C)C)C3. The molecular formula is C17H25N3. The lowest BCUT2D eigenvalue weighted by molar-refractivity contribution is 0.268. The fourth-order valence-corrected chi connectivity index (χ4v) is 3.40. The highest BCUT2D eigenvalue weighted by molar-refractivity contribution is 5.87. The van der Waals surface area contributed by atoms with E-state index >= 15 is 0 Å². The minimum atomic E-state index is 0.680. The lowest BCUT2D eigenvalue weighted by atomic mass is 9.90. The summed E-state index contributed by atoms with van der Waals surface area (Å²) in [5.74, 6) is 0. The Labute approximate surface area is 121 Å². The molecule has 1 unspecified atom stereocenters. The lowest BCUT2D eigenvalue weighted by Crippen LogP contribution is -2.33. The van der Waals surface area contributed by atoms with Crippen LogP contribution >= 0.6 is 0 Å². The maximum absolute atomic E-state index is 3.70. The number of fused-ring (bicyclic) bond motifs is 3. The van der Waals surface area contributed by atoms with Crippen LogP contribution in [0.3, 0.4) is 0 Å². The molecule has 20 heavy (non-hydrogen) atoms. The molecule has 108 valence electrons. The Kier molecular flexibility index (Phi) is 3.57. The predicted molar refractivity (Wildman–Crippen MR) is 85.2 cm³/mol. The summed E-state index contributed by atoms with van der Waals surface area (Å²) in [5.41, 5.74) is 5.77. The monoisotopic (exact) mass is 271 g/mol. The molecule has 1 aliphatic rings. The van der Waals surface area contributed by atoms with Crippen molar-refractivity contribution in [2.45, 2.75) is 31.8 Å². The van der Waals surface area contributed by atoms with Crippen molar-refractivity contribution >= 4 is 10.9 Å². The normalized spacial score (nSPS) is 19.0. The molecule has 3 nitrogen and oxygen atoms in total. The summed E-state index contributed by atoms with van der Waals surface area (Å²) in [5, 5.41) is 1.44. The first-order chi connectivity index (χ1) is 9.56. The van der Waals surface area contributed by atoms with E-state index in [0.717, 1.165) is 6.54 Å². The van der Waals surface area contributed by atoms with E-state index in [1.807, 2.05) is 0 Å². The van der Waals surface area contributed by atoms with Gasteiger partial charge in [0.2, 0.25) is 0 Å². The van der Waals surface area contributed by atoms with Crippen LogP contribution in [0, 0.1) is 0 Å². The highest BCUT2D eigenvalue weighted by atomic mass is 15.1. The number of rotatable bonds is 3. The van der Waals surface area contributed by atoms with Crippen molar-refractivity contribution in [1.82, 2.24) is 14.8 Å². The average molecular weight is 271 g/mol. The van der Waals surface area contributed by atoms with Crippen molar-refractivity contribution in [1.29, 1.82) is 0 Å². The zero-order chi connectivity index (χ0) is 14.3. The van der Waals surface area contributed by atoms with Gasteiger partial charge in [-0.2, -0.15) is 0 Å². The van der Waals surface area contributed by atoms with Gasteiger partial charge in [0.25, 0.3) is 0 Å². The third-order valence-electron chi connectivity index (χ3n) is 4.50. The van der Waals surface area contributed by atoms with E-state index in [0.29, 0.717) is 6.04 Å². The van der Waals surface area contributed by atoms with Crippen molar-refractivity contribution in [3.63, 3.8) is 0 Å². The number of para-hydroxylation sites is 1. The molecule has 0 fully saturated rings. The van der Waals surface area contributed by atoms with Crippen molar-refractivity contribution in [3.8, 4) is 0 Å². The molecule has 1 aromatic carbocycles. The first kappa shape index (κ1) is 13.7. The second-order valence-electron chi connectivity index (χ2n) is 6.52. The third kappa shape index (κ3) is 2.36. The number of likely N-dealkylation sites (N-methyl/N-ethyl adjacent to an activating group) is 1. The topological polar surface area (TPSA) is 22.3 Å². The van der Waals surface area contributed by atoms with Crippen molar-refractivity contribution < 1.29 is 0 Å². The molecule has 3 heteroatoms. The van der Waals surface area contributed by atoms with Crippen molar-refractivity contribution in [2.75, 3.05) is 28.2 Å². The fourth-order valence-electron chi connectivity index (χ4n) is 3.40. The van der Waals surface area contributed by atoms with E-state index in [1.54, 1.807) is 5.56 Å². The van der Waals surface area contributed by atoms with Gasteiger partial charge in [-0.1, -0.05) is 18.2 Å². The summed E-state index contributed by atoms with van der Waals surface area (Å²) in [6.07, 6.45) is 3.61. The Bertz CT molecular complexity index is 610. The third-order valence-corrected chi connectivity index (χ3v) is 4.50. The molecule has 1 heterocycles. The maximum Gasteiger partial charge on any atom is 0.0504 e. The number of benzene rings is 1. The van der Waals surface area contributed by atoms with Crippen LogP contribution in [0.25, 0.3) is 10.9 Å². The van der Waals surface area contributed by atoms with Crippen LogP contribution < -0.4 is 0 Å². The van der Waals surface area contributed by atoms with E-state index in [4.69, 9.17) is 0 Å². The van der Waals surface area contributed by atoms with Gasteiger partial charge in [-0.15, -0.1) is 0 Å². The molecule has 1 aromatic heterocycles. The maximum atomic E-state index is 3.70. The zero-order valence-corrected chi connectivity index (χ0v) is 13.0. The molecule has 1 atom stereocenters. The van der Waals surface area contributed by atoms with Crippen molar-refractivity contribution in [2.24, 2.45) is 0 Å². The van der Waals surface area contributed by atoms with Gasteiger partial charge in [0.1, 0.15) is 0 Å². The van der Waals surface area contributed by atoms with E-state index in [-0.39, 0.29) is 0 Å². The molecule has 0 aliphatic heterocycles. The van der Waals surface area contributed by atoms with Crippen molar-refractivity contribution in [3.05, 3.63) is 35.0 Å². The first-order valence-electron chi connectivity index (χ1n) is 7.48. The van der Waals surface area contributed by atoms with Crippen LogP contribution in [0.15, 0.2) is 18.2 Å². The zero-order valence-electron chi connectivity index (χ0n) is 13.0. The summed E-state index contributed by atoms with van der Waals surface area (Å²) < 4.78 is 0. The van der Waals surface area contributed by atoms with Gasteiger partial charge in [-0.3, -0.25) is 0 Å². The quantitative estimate of drug-likeness (QED) is 0.927. The van der Waals surface area contributed by atoms with Gasteiger partial charge in [-0.05, 0) is 58.6 Å². The number of H-pyrrole nitrogens is 1. The van der Waals surface area contributed by atoms with E-state index in [2.05, 4.69) is 61.2 Å². The number of aromatic amines is 1.